The minimum Gasteiger partial charge on any atom is -0.348 e. The molecule has 0 aromatic heterocycles. The molecule has 0 unspecified atom stereocenters. The van der Waals surface area contributed by atoms with Crippen LogP contribution in [0.3, 0.4) is 0 Å². The summed E-state index contributed by atoms with van der Waals surface area (Å²) in [6.45, 7) is 3.08. The molecule has 2 aliphatic heterocycles. The maximum Gasteiger partial charge on any atom is 0.237 e. The second-order valence-electron chi connectivity index (χ2n) is 10.2. The number of nitrogens with zero attached hydrogens (tertiary/aromatic N) is 5. The summed E-state index contributed by atoms with van der Waals surface area (Å²) in [5.74, 6) is 0.977. The third-order valence-corrected chi connectivity index (χ3v) is 8.02. The molecule has 190 valence electrons. The largest absolute Gasteiger partial charge is 0.348 e. The van der Waals surface area contributed by atoms with Gasteiger partial charge in [0.05, 0.1) is 5.41 Å². The molecule has 1 saturated heterocycles. The molecule has 37 heavy (non-hydrogen) atoms. The van der Waals surface area contributed by atoms with E-state index < -0.39 is 5.41 Å². The third kappa shape index (κ3) is 4.74. The van der Waals surface area contributed by atoms with Gasteiger partial charge < -0.3 is 9.80 Å². The molecule has 1 amide bonds. The topological polar surface area (TPSA) is 60.6 Å². The predicted molar refractivity (Wildman–Crippen MR) is 148 cm³/mol. The van der Waals surface area contributed by atoms with Crippen molar-refractivity contribution >= 4 is 11.7 Å². The van der Waals surface area contributed by atoms with E-state index in [1.54, 1.807) is 4.90 Å². The summed E-state index contributed by atoms with van der Waals surface area (Å²) in [6.07, 6.45) is 2.57. The zero-order chi connectivity index (χ0) is 25.7. The van der Waals surface area contributed by atoms with Crippen molar-refractivity contribution in [3.8, 4) is 0 Å². The summed E-state index contributed by atoms with van der Waals surface area (Å²) in [6, 6.07) is 31.1. The Bertz CT molecular complexity index is 1210. The Hall–Kier alpha value is -3.64. The van der Waals surface area contributed by atoms with Crippen molar-refractivity contribution in [1.29, 1.82) is 0 Å². The Morgan fingerprint density at radius 1 is 0.865 bits per heavy atom. The van der Waals surface area contributed by atoms with Crippen LogP contribution in [0, 0.1) is 0 Å². The number of likely N-dealkylation sites (N-methyl/N-ethyl adjacent to an activating group) is 1. The summed E-state index contributed by atoms with van der Waals surface area (Å²) in [7, 11) is 3.71. The molecule has 3 aromatic rings. The highest BCUT2D eigenvalue weighted by Crippen LogP contribution is 2.41. The standard InChI is InChI=1S/C31H35N5O/c1-35(2)29(37)31(26-14-8-4-9-15-26,27-16-10-5-11-17-27)20-23-36-21-18-30(19-22-36,28-32-24-33-34-28)25-12-6-3-7-13-25/h3-17H,18-24H2,1-2H3. The van der Waals surface area contributed by atoms with Crippen LogP contribution in [0.5, 0.6) is 0 Å². The molecule has 0 saturated carbocycles. The maximum absolute atomic E-state index is 14.0. The quantitative estimate of drug-likeness (QED) is 0.427. The van der Waals surface area contributed by atoms with E-state index in [-0.39, 0.29) is 11.3 Å². The molecule has 6 heteroatoms. The van der Waals surface area contributed by atoms with Gasteiger partial charge in [-0.25, -0.2) is 4.99 Å². The summed E-state index contributed by atoms with van der Waals surface area (Å²) in [4.78, 5) is 22.9. The van der Waals surface area contributed by atoms with Gasteiger partial charge in [-0.15, -0.1) is 5.11 Å². The van der Waals surface area contributed by atoms with Crippen LogP contribution >= 0.6 is 0 Å². The van der Waals surface area contributed by atoms with Gasteiger partial charge in [0.15, 0.2) is 12.5 Å². The molecule has 3 aromatic carbocycles. The smallest absolute Gasteiger partial charge is 0.237 e. The fraction of sp³-hybridized carbons (Fsp3) is 0.355. The lowest BCUT2D eigenvalue weighted by molar-refractivity contribution is -0.133. The van der Waals surface area contributed by atoms with E-state index in [0.29, 0.717) is 13.1 Å². The average Bonchev–Trinajstić information content (AvgIpc) is 3.51. The molecular weight excluding hydrogens is 458 g/mol. The normalized spacial score (nSPS) is 17.4. The first kappa shape index (κ1) is 25.0. The van der Waals surface area contributed by atoms with Crippen molar-refractivity contribution < 1.29 is 4.79 Å². The molecule has 1 fully saturated rings. The first-order chi connectivity index (χ1) is 18.1. The number of benzene rings is 3. The van der Waals surface area contributed by atoms with Crippen molar-refractivity contribution in [1.82, 2.24) is 9.80 Å². The van der Waals surface area contributed by atoms with Crippen LogP contribution in [0.25, 0.3) is 0 Å². The monoisotopic (exact) mass is 493 g/mol. The highest BCUT2D eigenvalue weighted by Gasteiger charge is 2.45. The molecule has 5 rings (SSSR count). The average molecular weight is 494 g/mol. The molecule has 0 spiro atoms. The number of aliphatic imine (C=N–C) groups is 1. The van der Waals surface area contributed by atoms with Crippen molar-refractivity contribution in [2.75, 3.05) is 40.4 Å². The molecule has 0 aliphatic carbocycles. The Morgan fingerprint density at radius 3 is 1.89 bits per heavy atom. The second-order valence-corrected chi connectivity index (χ2v) is 10.2. The molecular formula is C31H35N5O. The number of carbonyl (C=O) groups is 1. The molecule has 0 atom stereocenters. The van der Waals surface area contributed by atoms with Crippen molar-refractivity contribution in [2.24, 2.45) is 15.2 Å². The minimum atomic E-state index is -0.746. The van der Waals surface area contributed by atoms with Crippen LogP contribution < -0.4 is 0 Å². The fourth-order valence-corrected chi connectivity index (χ4v) is 5.99. The van der Waals surface area contributed by atoms with Crippen LogP contribution in [0.4, 0.5) is 0 Å². The van der Waals surface area contributed by atoms with Gasteiger partial charge in [0.2, 0.25) is 5.91 Å². The molecule has 0 bridgehead atoms. The SMILES string of the molecule is CN(C)C(=O)C(CCN1CCC(C2=NCN=N2)(c2ccccc2)CC1)(c1ccccc1)c1ccccc1. The maximum atomic E-state index is 14.0. The zero-order valence-electron chi connectivity index (χ0n) is 21.8. The third-order valence-electron chi connectivity index (χ3n) is 8.02. The van der Waals surface area contributed by atoms with Gasteiger partial charge in [-0.05, 0) is 55.6 Å². The minimum absolute atomic E-state index is 0.112. The number of hydrogen-bond donors (Lipinski definition) is 0. The van der Waals surface area contributed by atoms with Gasteiger partial charge in [-0.3, -0.25) is 4.79 Å². The number of carbonyl (C=O) groups excluding carboxylic acids is 1. The van der Waals surface area contributed by atoms with E-state index in [0.717, 1.165) is 49.4 Å². The van der Waals surface area contributed by atoms with Gasteiger partial charge in [-0.2, -0.15) is 5.11 Å². The Balaban J connectivity index is 1.42. The first-order valence-corrected chi connectivity index (χ1v) is 13.1. The summed E-state index contributed by atoms with van der Waals surface area (Å²) in [5, 5.41) is 8.61. The lowest BCUT2D eigenvalue weighted by atomic mass is 9.69. The molecule has 2 heterocycles. The Morgan fingerprint density at radius 2 is 1.41 bits per heavy atom. The van der Waals surface area contributed by atoms with Gasteiger partial charge in [0.1, 0.15) is 5.41 Å². The van der Waals surface area contributed by atoms with Crippen LogP contribution in [0.15, 0.2) is 106 Å². The number of likely N-dealkylation sites (tertiary alicyclic amines) is 1. The van der Waals surface area contributed by atoms with Gasteiger partial charge >= 0.3 is 0 Å². The molecule has 2 aliphatic rings. The van der Waals surface area contributed by atoms with E-state index in [1.807, 2.05) is 50.5 Å². The second kappa shape index (κ2) is 10.8. The van der Waals surface area contributed by atoms with Gasteiger partial charge in [-0.1, -0.05) is 91.0 Å². The highest BCUT2D eigenvalue weighted by molar-refractivity contribution is 5.94. The number of amides is 1. The van der Waals surface area contributed by atoms with E-state index in [9.17, 15) is 4.79 Å². The van der Waals surface area contributed by atoms with Gasteiger partial charge in [0.25, 0.3) is 0 Å². The molecule has 6 nitrogen and oxygen atoms in total. The van der Waals surface area contributed by atoms with Crippen molar-refractivity contribution in [2.45, 2.75) is 30.1 Å². The lowest BCUT2D eigenvalue weighted by Gasteiger charge is -2.43. The summed E-state index contributed by atoms with van der Waals surface area (Å²) in [5.41, 5.74) is 2.39. The van der Waals surface area contributed by atoms with E-state index in [2.05, 4.69) is 74.7 Å². The van der Waals surface area contributed by atoms with Crippen LogP contribution in [-0.2, 0) is 15.6 Å². The number of amidine groups is 1. The molecule has 0 radical (unpaired) electrons. The number of azo groups is 1. The zero-order valence-corrected chi connectivity index (χ0v) is 21.8. The van der Waals surface area contributed by atoms with Crippen molar-refractivity contribution in [3.05, 3.63) is 108 Å². The van der Waals surface area contributed by atoms with E-state index >= 15 is 0 Å². The number of rotatable bonds is 8. The number of piperidine rings is 1. The first-order valence-electron chi connectivity index (χ1n) is 13.1. The predicted octanol–water partition coefficient (Wildman–Crippen LogP) is 5.31. The highest BCUT2D eigenvalue weighted by atomic mass is 16.2. The van der Waals surface area contributed by atoms with Crippen LogP contribution in [0.2, 0.25) is 0 Å². The summed E-state index contributed by atoms with van der Waals surface area (Å²) < 4.78 is 0. The van der Waals surface area contributed by atoms with Crippen LogP contribution in [-0.4, -0.2) is 61.9 Å². The van der Waals surface area contributed by atoms with Crippen molar-refractivity contribution in [3.63, 3.8) is 0 Å². The lowest BCUT2D eigenvalue weighted by Crippen LogP contribution is -2.50. The fourth-order valence-electron chi connectivity index (χ4n) is 5.99. The number of hydrogen-bond acceptors (Lipinski definition) is 5. The Labute approximate surface area is 219 Å². The van der Waals surface area contributed by atoms with E-state index in [1.165, 1.54) is 5.56 Å². The van der Waals surface area contributed by atoms with E-state index in [4.69, 9.17) is 0 Å². The van der Waals surface area contributed by atoms with Crippen LogP contribution in [0.1, 0.15) is 36.0 Å². The Kier molecular flexibility index (Phi) is 7.28. The summed E-state index contributed by atoms with van der Waals surface area (Å²) >= 11 is 0. The van der Waals surface area contributed by atoms with Gasteiger partial charge in [0, 0.05) is 14.1 Å². The molecule has 0 N–H and O–H groups in total.